The van der Waals surface area contributed by atoms with Crippen LogP contribution in [0.1, 0.15) is 19.4 Å². The van der Waals surface area contributed by atoms with Gasteiger partial charge in [-0.05, 0) is 44.0 Å². The van der Waals surface area contributed by atoms with Crippen LogP contribution in [-0.2, 0) is 11.2 Å². The predicted octanol–water partition coefficient (Wildman–Crippen LogP) is 1.81. The molecule has 0 aliphatic carbocycles. The Kier molecular flexibility index (Phi) is 4.09. The Bertz CT molecular complexity index is 621. The summed E-state index contributed by atoms with van der Waals surface area (Å²) in [5, 5.41) is 0. The lowest BCUT2D eigenvalue weighted by Gasteiger charge is -2.26. The normalized spacial score (nSPS) is 14.2. The Balaban J connectivity index is 2.19. The summed E-state index contributed by atoms with van der Waals surface area (Å²) in [6.07, 6.45) is 4.24. The number of likely N-dealkylation sites (N-methyl/N-ethyl adjacent to an activating group) is 1. The topological polar surface area (TPSA) is 50.7 Å². The summed E-state index contributed by atoms with van der Waals surface area (Å²) in [7, 11) is 1.75. The van der Waals surface area contributed by atoms with Crippen LogP contribution in [-0.4, -0.2) is 34.3 Å². The quantitative estimate of drug-likeness (QED) is 0.926. The van der Waals surface area contributed by atoms with Crippen molar-refractivity contribution in [3.05, 3.63) is 42.0 Å². The van der Waals surface area contributed by atoms with Crippen LogP contribution in [0.4, 0.5) is 4.39 Å². The number of fused-ring (bicyclic) bond motifs is 1. The minimum atomic E-state index is -0.509. The molecule has 0 saturated carbocycles. The number of carbonyl (C=O) groups is 1. The van der Waals surface area contributed by atoms with Crippen molar-refractivity contribution >= 4 is 11.4 Å². The second-order valence-electron chi connectivity index (χ2n) is 5.27. The van der Waals surface area contributed by atoms with Crippen molar-refractivity contribution < 1.29 is 9.18 Å². The minimum absolute atomic E-state index is 0.00275. The Labute approximate surface area is 118 Å². The highest BCUT2D eigenvalue weighted by molar-refractivity contribution is 5.81. The van der Waals surface area contributed by atoms with Crippen molar-refractivity contribution in [1.82, 2.24) is 9.30 Å². The van der Waals surface area contributed by atoms with Gasteiger partial charge in [0.15, 0.2) is 0 Å². The molecule has 20 heavy (non-hydrogen) atoms. The van der Waals surface area contributed by atoms with Crippen LogP contribution in [0.5, 0.6) is 0 Å². The van der Waals surface area contributed by atoms with Crippen molar-refractivity contribution in [3.63, 3.8) is 0 Å². The zero-order chi connectivity index (χ0) is 14.9. The van der Waals surface area contributed by atoms with Crippen molar-refractivity contribution in [3.8, 4) is 0 Å². The van der Waals surface area contributed by atoms with Crippen LogP contribution in [0.15, 0.2) is 30.6 Å². The van der Waals surface area contributed by atoms with Crippen LogP contribution in [0, 0.1) is 5.82 Å². The molecule has 2 aromatic rings. The van der Waals surface area contributed by atoms with E-state index in [1.165, 1.54) is 12.1 Å². The summed E-state index contributed by atoms with van der Waals surface area (Å²) in [5.41, 5.74) is 7.46. The van der Waals surface area contributed by atoms with Crippen LogP contribution >= 0.6 is 0 Å². The lowest BCUT2D eigenvalue weighted by Crippen LogP contribution is -2.44. The average molecular weight is 277 g/mol. The van der Waals surface area contributed by atoms with E-state index in [1.807, 2.05) is 23.6 Å². The van der Waals surface area contributed by atoms with Gasteiger partial charge in [-0.1, -0.05) is 0 Å². The molecule has 5 heteroatoms. The van der Waals surface area contributed by atoms with E-state index in [4.69, 9.17) is 5.73 Å². The Morgan fingerprint density at radius 3 is 2.70 bits per heavy atom. The van der Waals surface area contributed by atoms with Crippen molar-refractivity contribution in [2.75, 3.05) is 7.05 Å². The average Bonchev–Trinajstić information content (AvgIpc) is 2.79. The van der Waals surface area contributed by atoms with E-state index >= 15 is 0 Å². The highest BCUT2D eigenvalue weighted by Gasteiger charge is 2.20. The van der Waals surface area contributed by atoms with Crippen LogP contribution < -0.4 is 5.73 Å². The number of hydrogen-bond donors (Lipinski definition) is 1. The Hall–Kier alpha value is -1.88. The van der Waals surface area contributed by atoms with Crippen LogP contribution in [0.25, 0.3) is 5.52 Å². The number of aromatic nitrogens is 1. The fraction of sp³-hybridized carbons (Fsp3) is 0.400. The van der Waals surface area contributed by atoms with E-state index in [9.17, 15) is 9.18 Å². The lowest BCUT2D eigenvalue weighted by atomic mass is 10.1. The first-order valence-corrected chi connectivity index (χ1v) is 6.67. The van der Waals surface area contributed by atoms with Crippen LogP contribution in [0.3, 0.4) is 0 Å². The van der Waals surface area contributed by atoms with Crippen molar-refractivity contribution in [2.24, 2.45) is 5.73 Å². The van der Waals surface area contributed by atoms with E-state index in [2.05, 4.69) is 0 Å². The first kappa shape index (κ1) is 14.5. The summed E-state index contributed by atoms with van der Waals surface area (Å²) in [5.74, 6) is -0.350. The molecule has 2 N–H and O–H groups in total. The van der Waals surface area contributed by atoms with E-state index < -0.39 is 6.04 Å². The molecule has 2 atom stereocenters. The molecule has 4 nitrogen and oxygen atoms in total. The number of nitrogens with zero attached hydrogens (tertiary/aromatic N) is 2. The first-order chi connectivity index (χ1) is 9.40. The van der Waals surface area contributed by atoms with E-state index in [1.54, 1.807) is 25.1 Å². The number of nitrogens with two attached hydrogens (primary N) is 1. The predicted molar refractivity (Wildman–Crippen MR) is 76.9 cm³/mol. The molecule has 1 unspecified atom stereocenters. The van der Waals surface area contributed by atoms with Crippen molar-refractivity contribution in [2.45, 2.75) is 32.4 Å². The van der Waals surface area contributed by atoms with Crippen molar-refractivity contribution in [1.29, 1.82) is 0 Å². The van der Waals surface area contributed by atoms with Gasteiger partial charge >= 0.3 is 0 Å². The van der Waals surface area contributed by atoms with Gasteiger partial charge in [-0.2, -0.15) is 0 Å². The second-order valence-corrected chi connectivity index (χ2v) is 5.27. The third kappa shape index (κ3) is 2.82. The molecule has 0 aliphatic rings. The van der Waals surface area contributed by atoms with Gasteiger partial charge in [0.05, 0.1) is 11.6 Å². The summed E-state index contributed by atoms with van der Waals surface area (Å²) in [6.45, 7) is 3.64. The molecule has 0 aliphatic heterocycles. The highest BCUT2D eigenvalue weighted by atomic mass is 19.1. The molecule has 0 fully saturated rings. The molecule has 0 saturated heterocycles. The maximum Gasteiger partial charge on any atom is 0.239 e. The zero-order valence-electron chi connectivity index (χ0n) is 12.0. The summed E-state index contributed by atoms with van der Waals surface area (Å²) in [6, 6.07) is 4.38. The number of hydrogen-bond acceptors (Lipinski definition) is 2. The number of amides is 1. The fourth-order valence-corrected chi connectivity index (χ4v) is 2.30. The first-order valence-electron chi connectivity index (χ1n) is 6.67. The second kappa shape index (κ2) is 5.63. The molecule has 0 bridgehead atoms. The SMILES string of the molecule is CC(Cc1ccn2ccc(F)cc12)N(C)C(=O)[C@H](C)N. The maximum atomic E-state index is 13.3. The lowest BCUT2D eigenvalue weighted by molar-refractivity contribution is -0.132. The van der Waals surface area contributed by atoms with Gasteiger partial charge in [-0.3, -0.25) is 4.79 Å². The smallest absolute Gasteiger partial charge is 0.239 e. The minimum Gasteiger partial charge on any atom is -0.341 e. The molecule has 0 radical (unpaired) electrons. The van der Waals surface area contributed by atoms with Gasteiger partial charge in [-0.25, -0.2) is 4.39 Å². The standard InChI is InChI=1S/C15H20FN3O/c1-10(18(3)15(20)11(2)17)8-12-4-6-19-7-5-13(16)9-14(12)19/h4-7,9-11H,8,17H2,1-3H3/t10?,11-/m0/s1. The number of halogens is 1. The van der Waals surface area contributed by atoms with Gasteiger partial charge < -0.3 is 15.0 Å². The molecular formula is C15H20FN3O. The maximum absolute atomic E-state index is 13.3. The molecular weight excluding hydrogens is 257 g/mol. The molecule has 0 aromatic carbocycles. The monoisotopic (exact) mass is 277 g/mol. The molecule has 0 spiro atoms. The third-order valence-electron chi connectivity index (χ3n) is 3.63. The molecule has 2 aromatic heterocycles. The van der Waals surface area contributed by atoms with E-state index in [0.29, 0.717) is 6.42 Å². The largest absolute Gasteiger partial charge is 0.341 e. The van der Waals surface area contributed by atoms with E-state index in [0.717, 1.165) is 11.1 Å². The third-order valence-corrected chi connectivity index (χ3v) is 3.63. The molecule has 1 amide bonds. The van der Waals surface area contributed by atoms with E-state index in [-0.39, 0.29) is 17.8 Å². The van der Waals surface area contributed by atoms with Gasteiger partial charge in [0.1, 0.15) is 5.82 Å². The van der Waals surface area contributed by atoms with Gasteiger partial charge in [0, 0.05) is 25.5 Å². The van der Waals surface area contributed by atoms with Gasteiger partial charge in [-0.15, -0.1) is 0 Å². The van der Waals surface area contributed by atoms with Gasteiger partial charge in [0.2, 0.25) is 5.91 Å². The molecule has 2 heterocycles. The van der Waals surface area contributed by atoms with Gasteiger partial charge in [0.25, 0.3) is 0 Å². The number of rotatable bonds is 4. The number of carbonyl (C=O) groups excluding carboxylic acids is 1. The number of pyridine rings is 1. The summed E-state index contributed by atoms with van der Waals surface area (Å²) in [4.78, 5) is 13.5. The Morgan fingerprint density at radius 2 is 2.05 bits per heavy atom. The fourth-order valence-electron chi connectivity index (χ4n) is 2.30. The molecule has 2 rings (SSSR count). The highest BCUT2D eigenvalue weighted by Crippen LogP contribution is 2.17. The van der Waals surface area contributed by atoms with Crippen LogP contribution in [0.2, 0.25) is 0 Å². The summed E-state index contributed by atoms with van der Waals surface area (Å²) < 4.78 is 15.2. The Morgan fingerprint density at radius 1 is 1.40 bits per heavy atom. The zero-order valence-corrected chi connectivity index (χ0v) is 12.0. The molecule has 108 valence electrons. The summed E-state index contributed by atoms with van der Waals surface area (Å²) >= 11 is 0.